The van der Waals surface area contributed by atoms with Crippen LogP contribution in [0.3, 0.4) is 0 Å². The first-order chi connectivity index (χ1) is 17.8. The van der Waals surface area contributed by atoms with Gasteiger partial charge in [-0.2, -0.15) is 18.3 Å². The zero-order valence-corrected chi connectivity index (χ0v) is 22.5. The minimum Gasteiger partial charge on any atom is -0.496 e. The Labute approximate surface area is 220 Å². The average molecular weight is 540 g/mol. The highest BCUT2D eigenvalue weighted by Crippen LogP contribution is 2.32. The van der Waals surface area contributed by atoms with E-state index in [0.29, 0.717) is 50.3 Å². The summed E-state index contributed by atoms with van der Waals surface area (Å²) in [6, 6.07) is 7.53. The van der Waals surface area contributed by atoms with Crippen molar-refractivity contribution in [2.24, 2.45) is 0 Å². The summed E-state index contributed by atoms with van der Waals surface area (Å²) < 4.78 is 52.3. The highest BCUT2D eigenvalue weighted by molar-refractivity contribution is 5.92. The van der Waals surface area contributed by atoms with E-state index in [9.17, 15) is 22.8 Å². The molecule has 38 heavy (non-hydrogen) atoms. The summed E-state index contributed by atoms with van der Waals surface area (Å²) in [5.41, 5.74) is -1.10. The predicted octanol–water partition coefficient (Wildman–Crippen LogP) is 4.34. The van der Waals surface area contributed by atoms with Crippen LogP contribution in [0.2, 0.25) is 0 Å². The molecule has 1 aromatic carbocycles. The van der Waals surface area contributed by atoms with Gasteiger partial charge in [0.25, 0.3) is 5.91 Å². The van der Waals surface area contributed by atoms with Gasteiger partial charge in [0.05, 0.1) is 13.2 Å². The Bertz CT molecular complexity index is 1110. The summed E-state index contributed by atoms with van der Waals surface area (Å²) in [6.45, 7) is 7.74. The Morgan fingerprint density at radius 1 is 1.16 bits per heavy atom. The van der Waals surface area contributed by atoms with E-state index in [4.69, 9.17) is 9.47 Å². The molecule has 1 aromatic heterocycles. The van der Waals surface area contributed by atoms with Crippen LogP contribution in [-0.2, 0) is 17.5 Å². The Morgan fingerprint density at radius 2 is 1.82 bits per heavy atom. The van der Waals surface area contributed by atoms with Crippen molar-refractivity contribution in [3.63, 3.8) is 0 Å². The van der Waals surface area contributed by atoms with E-state index in [0.717, 1.165) is 6.07 Å². The molecule has 1 fully saturated rings. The molecule has 3 rings (SSSR count). The zero-order chi connectivity index (χ0) is 28.1. The number of piperidine rings is 1. The molecule has 1 aliphatic heterocycles. The molecular weight excluding hydrogens is 503 g/mol. The molecule has 0 saturated carbocycles. The van der Waals surface area contributed by atoms with Crippen LogP contribution in [0.25, 0.3) is 0 Å². The molecule has 0 bridgehead atoms. The number of carbonyl (C=O) groups excluding carboxylic acids is 2. The van der Waals surface area contributed by atoms with Crippen molar-refractivity contribution < 1.29 is 32.2 Å². The maximum atomic E-state index is 13.5. The van der Waals surface area contributed by atoms with Crippen LogP contribution < -0.4 is 10.1 Å². The topological polar surface area (TPSA) is 88.9 Å². The van der Waals surface area contributed by atoms with Gasteiger partial charge in [0.1, 0.15) is 17.0 Å². The SMILES string of the molecule is COc1ccccc1CNC(=O)c1cc(C(F)(F)F)nn1C1CCN(CCN(C)C(=O)OC(C)(C)C)CC1. The number of methoxy groups -OCH3 is 1. The maximum absolute atomic E-state index is 13.5. The van der Waals surface area contributed by atoms with Crippen LogP contribution in [0.1, 0.15) is 61.4 Å². The van der Waals surface area contributed by atoms with Gasteiger partial charge in [-0.25, -0.2) is 4.79 Å². The fourth-order valence-electron chi connectivity index (χ4n) is 4.21. The maximum Gasteiger partial charge on any atom is 0.435 e. The Hall–Kier alpha value is -3.28. The quantitative estimate of drug-likeness (QED) is 0.537. The van der Waals surface area contributed by atoms with E-state index < -0.39 is 29.5 Å². The standard InChI is InChI=1S/C26H36F3N5O4/c1-25(2,3)38-24(36)32(4)14-15-33-12-10-19(11-13-33)34-20(16-22(31-34)26(27,28)29)23(35)30-17-18-8-6-7-9-21(18)37-5/h6-9,16,19H,10-15,17H2,1-5H3,(H,30,35). The molecule has 210 valence electrons. The van der Waals surface area contributed by atoms with E-state index in [-0.39, 0.29) is 18.3 Å². The molecule has 1 saturated heterocycles. The van der Waals surface area contributed by atoms with Crippen molar-refractivity contribution in [3.8, 4) is 5.75 Å². The van der Waals surface area contributed by atoms with Crippen molar-refractivity contribution in [2.75, 3.05) is 40.3 Å². The second kappa shape index (κ2) is 12.1. The number of alkyl halides is 3. The Morgan fingerprint density at radius 3 is 2.42 bits per heavy atom. The third-order valence-corrected chi connectivity index (χ3v) is 6.25. The van der Waals surface area contributed by atoms with E-state index in [2.05, 4.69) is 15.3 Å². The van der Waals surface area contributed by atoms with Crippen LogP contribution in [0, 0.1) is 0 Å². The number of halogens is 3. The van der Waals surface area contributed by atoms with Crippen molar-refractivity contribution in [1.82, 2.24) is 24.9 Å². The highest BCUT2D eigenvalue weighted by atomic mass is 19.4. The molecule has 1 N–H and O–H groups in total. The average Bonchev–Trinajstić information content (AvgIpc) is 3.31. The minimum absolute atomic E-state index is 0.0962. The molecule has 2 aromatic rings. The number of carbonyl (C=O) groups is 2. The second-order valence-electron chi connectivity index (χ2n) is 10.3. The van der Waals surface area contributed by atoms with Gasteiger partial charge in [-0.05, 0) is 39.7 Å². The monoisotopic (exact) mass is 539 g/mol. The third-order valence-electron chi connectivity index (χ3n) is 6.25. The number of likely N-dealkylation sites (N-methyl/N-ethyl adjacent to an activating group) is 1. The van der Waals surface area contributed by atoms with Crippen molar-refractivity contribution in [3.05, 3.63) is 47.3 Å². The summed E-state index contributed by atoms with van der Waals surface area (Å²) in [6.07, 6.45) is -4.05. The summed E-state index contributed by atoms with van der Waals surface area (Å²) in [5, 5.41) is 6.49. The molecule has 9 nitrogen and oxygen atoms in total. The number of hydrogen-bond donors (Lipinski definition) is 1. The molecule has 12 heteroatoms. The second-order valence-corrected chi connectivity index (χ2v) is 10.3. The number of aromatic nitrogens is 2. The van der Waals surface area contributed by atoms with Gasteiger partial charge in [0, 0.05) is 51.4 Å². The van der Waals surface area contributed by atoms with Crippen molar-refractivity contribution in [2.45, 2.75) is 58.0 Å². The lowest BCUT2D eigenvalue weighted by Crippen LogP contribution is -2.42. The van der Waals surface area contributed by atoms with Crippen LogP contribution in [0.15, 0.2) is 30.3 Å². The van der Waals surface area contributed by atoms with Crippen LogP contribution >= 0.6 is 0 Å². The van der Waals surface area contributed by atoms with Gasteiger partial charge in [-0.3, -0.25) is 9.48 Å². The minimum atomic E-state index is -4.67. The van der Waals surface area contributed by atoms with Gasteiger partial charge in [0.2, 0.25) is 0 Å². The van der Waals surface area contributed by atoms with Crippen LogP contribution in [0.5, 0.6) is 5.75 Å². The molecular formula is C26H36F3N5O4. The molecule has 2 amide bonds. The lowest BCUT2D eigenvalue weighted by Gasteiger charge is -2.33. The van der Waals surface area contributed by atoms with E-state index in [1.807, 2.05) is 0 Å². The number of hydrogen-bond acceptors (Lipinski definition) is 6. The van der Waals surface area contributed by atoms with Gasteiger partial charge in [-0.1, -0.05) is 18.2 Å². The number of amides is 2. The molecule has 2 heterocycles. The first-order valence-electron chi connectivity index (χ1n) is 12.5. The summed E-state index contributed by atoms with van der Waals surface area (Å²) in [7, 11) is 3.17. The van der Waals surface area contributed by atoms with Gasteiger partial charge in [-0.15, -0.1) is 0 Å². The van der Waals surface area contributed by atoms with Crippen molar-refractivity contribution in [1.29, 1.82) is 0 Å². The Balaban J connectivity index is 1.64. The molecule has 0 radical (unpaired) electrons. The highest BCUT2D eigenvalue weighted by Gasteiger charge is 2.37. The number of rotatable bonds is 8. The number of ether oxygens (including phenoxy) is 2. The number of para-hydroxylation sites is 1. The number of nitrogens with one attached hydrogen (secondary N) is 1. The summed E-state index contributed by atoms with van der Waals surface area (Å²) >= 11 is 0. The molecule has 0 atom stereocenters. The fourth-order valence-corrected chi connectivity index (χ4v) is 4.21. The molecule has 1 aliphatic rings. The first kappa shape index (κ1) is 29.3. The summed E-state index contributed by atoms with van der Waals surface area (Å²) in [5.74, 6) is -0.0673. The molecule has 0 spiro atoms. The van der Waals surface area contributed by atoms with Crippen LogP contribution in [-0.4, -0.2) is 77.5 Å². The fraction of sp³-hybridized carbons (Fsp3) is 0.577. The molecule has 0 aliphatic carbocycles. The lowest BCUT2D eigenvalue weighted by molar-refractivity contribution is -0.141. The normalized spacial score (nSPS) is 15.3. The first-order valence-corrected chi connectivity index (χ1v) is 12.5. The molecule has 0 unspecified atom stereocenters. The van der Waals surface area contributed by atoms with Gasteiger partial charge < -0.3 is 24.6 Å². The third kappa shape index (κ3) is 7.86. The number of likely N-dealkylation sites (tertiary alicyclic amines) is 1. The smallest absolute Gasteiger partial charge is 0.435 e. The largest absolute Gasteiger partial charge is 0.496 e. The van der Waals surface area contributed by atoms with Gasteiger partial charge in [0.15, 0.2) is 5.69 Å². The van der Waals surface area contributed by atoms with Gasteiger partial charge >= 0.3 is 12.3 Å². The Kier molecular flexibility index (Phi) is 9.29. The summed E-state index contributed by atoms with van der Waals surface area (Å²) in [4.78, 5) is 28.8. The van der Waals surface area contributed by atoms with E-state index in [1.165, 1.54) is 16.7 Å². The van der Waals surface area contributed by atoms with E-state index >= 15 is 0 Å². The van der Waals surface area contributed by atoms with Crippen LogP contribution in [0.4, 0.5) is 18.0 Å². The number of benzene rings is 1. The lowest BCUT2D eigenvalue weighted by atomic mass is 10.0. The zero-order valence-electron chi connectivity index (χ0n) is 22.5. The number of nitrogens with zero attached hydrogens (tertiary/aromatic N) is 4. The van der Waals surface area contributed by atoms with E-state index in [1.54, 1.807) is 52.1 Å². The van der Waals surface area contributed by atoms with Crippen molar-refractivity contribution >= 4 is 12.0 Å². The predicted molar refractivity (Wildman–Crippen MR) is 135 cm³/mol.